The van der Waals surface area contributed by atoms with Gasteiger partial charge in [-0.25, -0.2) is 8.78 Å². The van der Waals surface area contributed by atoms with Crippen LogP contribution in [0.2, 0.25) is 5.02 Å². The van der Waals surface area contributed by atoms with Crippen LogP contribution >= 0.6 is 11.6 Å². The fourth-order valence-corrected chi connectivity index (χ4v) is 1.75. The van der Waals surface area contributed by atoms with Crippen LogP contribution in [-0.4, -0.2) is 12.5 Å². The molecule has 2 rings (SSSR count). The third-order valence-electron chi connectivity index (χ3n) is 2.53. The van der Waals surface area contributed by atoms with Crippen molar-refractivity contribution in [3.05, 3.63) is 53.1 Å². The summed E-state index contributed by atoms with van der Waals surface area (Å²) in [5.41, 5.74) is 6.27. The minimum Gasteiger partial charge on any atom is -0.478 e. The first-order chi connectivity index (χ1) is 9.97. The van der Waals surface area contributed by atoms with Gasteiger partial charge in [-0.15, -0.1) is 0 Å². The number of rotatable bonds is 4. The van der Waals surface area contributed by atoms with Crippen molar-refractivity contribution in [2.75, 3.05) is 17.7 Å². The number of carbonyl (C=O) groups is 1. The molecule has 2 aromatic carbocycles. The van der Waals surface area contributed by atoms with E-state index >= 15 is 0 Å². The molecule has 0 unspecified atom stereocenters. The predicted molar refractivity (Wildman–Crippen MR) is 76.3 cm³/mol. The molecule has 0 saturated carbocycles. The molecule has 4 nitrogen and oxygen atoms in total. The van der Waals surface area contributed by atoms with Crippen molar-refractivity contribution in [3.8, 4) is 5.75 Å². The first kappa shape index (κ1) is 15.1. The Balaban J connectivity index is 2.01. The van der Waals surface area contributed by atoms with Gasteiger partial charge < -0.3 is 15.8 Å². The summed E-state index contributed by atoms with van der Waals surface area (Å²) < 4.78 is 31.5. The summed E-state index contributed by atoms with van der Waals surface area (Å²) in [4.78, 5) is 11.7. The molecule has 110 valence electrons. The van der Waals surface area contributed by atoms with Gasteiger partial charge >= 0.3 is 0 Å². The summed E-state index contributed by atoms with van der Waals surface area (Å²) in [6.07, 6.45) is 0. The lowest BCUT2D eigenvalue weighted by Gasteiger charge is -2.10. The van der Waals surface area contributed by atoms with Crippen LogP contribution in [0, 0.1) is 11.6 Å². The molecular weight excluding hydrogens is 302 g/mol. The number of amides is 1. The van der Waals surface area contributed by atoms with Crippen LogP contribution in [0.3, 0.4) is 0 Å². The molecule has 0 aromatic heterocycles. The van der Waals surface area contributed by atoms with Gasteiger partial charge in [-0.1, -0.05) is 17.7 Å². The molecule has 21 heavy (non-hydrogen) atoms. The molecule has 2 aromatic rings. The highest BCUT2D eigenvalue weighted by Crippen LogP contribution is 2.24. The van der Waals surface area contributed by atoms with Crippen LogP contribution in [-0.2, 0) is 4.79 Å². The smallest absolute Gasteiger partial charge is 0.262 e. The minimum absolute atomic E-state index is 0.287. The number of hydrogen-bond donors (Lipinski definition) is 2. The molecule has 0 saturated heterocycles. The van der Waals surface area contributed by atoms with E-state index in [9.17, 15) is 13.6 Å². The number of ether oxygens (including phenoxy) is 1. The summed E-state index contributed by atoms with van der Waals surface area (Å²) in [6.45, 7) is -0.566. The average molecular weight is 313 g/mol. The summed E-state index contributed by atoms with van der Waals surface area (Å²) >= 11 is 5.88. The molecule has 0 aliphatic carbocycles. The molecule has 1 amide bonds. The standard InChI is InChI=1S/C14H11ClF2N2O2/c15-9-5-4-8(18)6-12(9)19-13(20)7-21-14-10(16)2-1-3-11(14)17/h1-6H,7,18H2,(H,19,20). The lowest BCUT2D eigenvalue weighted by molar-refractivity contribution is -0.118. The molecule has 0 bridgehead atoms. The Labute approximate surface area is 124 Å². The second kappa shape index (κ2) is 6.41. The number of nitrogens with one attached hydrogen (secondary N) is 1. The van der Waals surface area contributed by atoms with Crippen molar-refractivity contribution in [1.29, 1.82) is 0 Å². The van der Waals surface area contributed by atoms with Gasteiger partial charge in [0, 0.05) is 5.69 Å². The van der Waals surface area contributed by atoms with E-state index in [4.69, 9.17) is 22.1 Å². The van der Waals surface area contributed by atoms with E-state index in [1.807, 2.05) is 0 Å². The number of halogens is 3. The van der Waals surface area contributed by atoms with Crippen molar-refractivity contribution < 1.29 is 18.3 Å². The van der Waals surface area contributed by atoms with Gasteiger partial charge in [0.1, 0.15) is 0 Å². The zero-order valence-electron chi connectivity index (χ0n) is 10.7. The number of benzene rings is 2. The second-order valence-corrected chi connectivity index (χ2v) is 4.53. The van der Waals surface area contributed by atoms with Crippen molar-refractivity contribution in [1.82, 2.24) is 0 Å². The summed E-state index contributed by atoms with van der Waals surface area (Å²) in [5, 5.41) is 2.73. The molecule has 0 spiro atoms. The molecule has 7 heteroatoms. The monoisotopic (exact) mass is 312 g/mol. The van der Waals surface area contributed by atoms with E-state index in [0.717, 1.165) is 12.1 Å². The van der Waals surface area contributed by atoms with Crippen LogP contribution in [0.25, 0.3) is 0 Å². The van der Waals surface area contributed by atoms with Crippen LogP contribution in [0.15, 0.2) is 36.4 Å². The SMILES string of the molecule is Nc1ccc(Cl)c(NC(=O)COc2c(F)cccc2F)c1. The largest absolute Gasteiger partial charge is 0.478 e. The Morgan fingerprint density at radius 3 is 2.57 bits per heavy atom. The summed E-state index contributed by atoms with van der Waals surface area (Å²) in [7, 11) is 0. The third kappa shape index (κ3) is 3.82. The van der Waals surface area contributed by atoms with Crippen LogP contribution in [0.5, 0.6) is 5.75 Å². The lowest BCUT2D eigenvalue weighted by atomic mass is 10.3. The van der Waals surface area contributed by atoms with Gasteiger partial charge in [-0.2, -0.15) is 0 Å². The lowest BCUT2D eigenvalue weighted by Crippen LogP contribution is -2.21. The Morgan fingerprint density at radius 2 is 1.90 bits per heavy atom. The highest BCUT2D eigenvalue weighted by Gasteiger charge is 2.12. The van der Waals surface area contributed by atoms with E-state index in [-0.39, 0.29) is 5.02 Å². The van der Waals surface area contributed by atoms with Gasteiger partial charge in [0.05, 0.1) is 10.7 Å². The average Bonchev–Trinajstić information content (AvgIpc) is 2.42. The van der Waals surface area contributed by atoms with Crippen LogP contribution < -0.4 is 15.8 Å². The first-order valence-corrected chi connectivity index (χ1v) is 6.27. The fourth-order valence-electron chi connectivity index (χ4n) is 1.58. The normalized spacial score (nSPS) is 10.2. The number of para-hydroxylation sites is 1. The zero-order chi connectivity index (χ0) is 15.4. The maximum absolute atomic E-state index is 13.3. The molecule has 0 radical (unpaired) electrons. The number of hydrogen-bond acceptors (Lipinski definition) is 3. The van der Waals surface area contributed by atoms with Gasteiger partial charge in [-0.3, -0.25) is 4.79 Å². The maximum Gasteiger partial charge on any atom is 0.262 e. The number of anilines is 2. The van der Waals surface area contributed by atoms with E-state index in [1.54, 1.807) is 6.07 Å². The van der Waals surface area contributed by atoms with Gasteiger partial charge in [0.15, 0.2) is 24.0 Å². The van der Waals surface area contributed by atoms with E-state index in [2.05, 4.69) is 5.32 Å². The van der Waals surface area contributed by atoms with E-state index in [0.29, 0.717) is 11.4 Å². The van der Waals surface area contributed by atoms with E-state index in [1.165, 1.54) is 18.2 Å². The number of nitrogen functional groups attached to an aromatic ring is 1. The third-order valence-corrected chi connectivity index (χ3v) is 2.86. The van der Waals surface area contributed by atoms with Gasteiger partial charge in [0.2, 0.25) is 0 Å². The van der Waals surface area contributed by atoms with Gasteiger partial charge in [-0.05, 0) is 30.3 Å². The molecule has 3 N–H and O–H groups in total. The Hall–Kier alpha value is -2.34. The highest BCUT2D eigenvalue weighted by molar-refractivity contribution is 6.33. The van der Waals surface area contributed by atoms with Crippen LogP contribution in [0.4, 0.5) is 20.2 Å². The maximum atomic E-state index is 13.3. The molecule has 0 heterocycles. The number of nitrogens with two attached hydrogens (primary N) is 1. The Kier molecular flexibility index (Phi) is 4.59. The van der Waals surface area contributed by atoms with Gasteiger partial charge in [0.25, 0.3) is 5.91 Å². The second-order valence-electron chi connectivity index (χ2n) is 4.13. The molecule has 0 aliphatic rings. The number of carbonyl (C=O) groups excluding carboxylic acids is 1. The topological polar surface area (TPSA) is 64.3 Å². The first-order valence-electron chi connectivity index (χ1n) is 5.89. The molecule has 0 atom stereocenters. The van der Waals surface area contributed by atoms with Crippen molar-refractivity contribution >= 4 is 28.9 Å². The Bertz CT molecular complexity index is 660. The fraction of sp³-hybridized carbons (Fsp3) is 0.0714. The van der Waals surface area contributed by atoms with Crippen molar-refractivity contribution in [3.63, 3.8) is 0 Å². The summed E-state index contributed by atoms with van der Waals surface area (Å²) in [5.74, 6) is -2.99. The summed E-state index contributed by atoms with van der Waals surface area (Å²) in [6, 6.07) is 7.82. The minimum atomic E-state index is -0.884. The Morgan fingerprint density at radius 1 is 1.24 bits per heavy atom. The highest BCUT2D eigenvalue weighted by atomic mass is 35.5. The molecule has 0 aliphatic heterocycles. The van der Waals surface area contributed by atoms with Crippen molar-refractivity contribution in [2.24, 2.45) is 0 Å². The quantitative estimate of drug-likeness (QED) is 0.852. The molecule has 0 fully saturated rings. The van der Waals surface area contributed by atoms with Crippen molar-refractivity contribution in [2.45, 2.75) is 0 Å². The molecular formula is C14H11ClF2N2O2. The van der Waals surface area contributed by atoms with Crippen LogP contribution in [0.1, 0.15) is 0 Å². The van der Waals surface area contributed by atoms with E-state index < -0.39 is 29.9 Å². The zero-order valence-corrected chi connectivity index (χ0v) is 11.5. The predicted octanol–water partition coefficient (Wildman–Crippen LogP) is 3.22.